The van der Waals surface area contributed by atoms with E-state index < -0.39 is 0 Å². The molecule has 1 fully saturated rings. The molecule has 30 heavy (non-hydrogen) atoms. The van der Waals surface area contributed by atoms with Crippen molar-refractivity contribution in [2.45, 2.75) is 51.6 Å². The van der Waals surface area contributed by atoms with Crippen LogP contribution in [0.1, 0.15) is 47.6 Å². The lowest BCUT2D eigenvalue weighted by atomic mass is 9.94. The second-order valence-electron chi connectivity index (χ2n) is 9.09. The Morgan fingerprint density at radius 2 is 2.10 bits per heavy atom. The standard InChI is InChI=1S/C22H29N5O2S/c1-13-10-17-18(11-15(13)24-14-4-6-23-7-5-14)29-9-8-27(17)21-25-16-12-22(2,3)26-20(28)19(16)30-21/h10-11,14,23-24H,4-9,12H2,1-3H3,(H,26,28). The molecule has 0 atom stereocenters. The number of carbonyl (C=O) groups is 1. The third kappa shape index (κ3) is 3.63. The number of carbonyl (C=O) groups excluding carboxylic acids is 1. The van der Waals surface area contributed by atoms with Gasteiger partial charge in [-0.25, -0.2) is 4.98 Å². The first-order chi connectivity index (χ1) is 14.4. The largest absolute Gasteiger partial charge is 0.489 e. The lowest BCUT2D eigenvalue weighted by Crippen LogP contribution is -2.48. The number of thiazole rings is 1. The monoisotopic (exact) mass is 427 g/mol. The Morgan fingerprint density at radius 3 is 2.90 bits per heavy atom. The van der Waals surface area contributed by atoms with Crippen molar-refractivity contribution in [3.05, 3.63) is 28.3 Å². The fourth-order valence-electron chi connectivity index (χ4n) is 4.49. The van der Waals surface area contributed by atoms with E-state index in [9.17, 15) is 4.79 Å². The quantitative estimate of drug-likeness (QED) is 0.698. The number of amides is 1. The zero-order valence-electron chi connectivity index (χ0n) is 17.8. The van der Waals surface area contributed by atoms with E-state index in [1.165, 1.54) is 16.9 Å². The number of benzene rings is 1. The highest BCUT2D eigenvalue weighted by atomic mass is 32.1. The van der Waals surface area contributed by atoms with E-state index in [2.05, 4.69) is 39.9 Å². The van der Waals surface area contributed by atoms with Gasteiger partial charge in [0.25, 0.3) is 5.91 Å². The highest BCUT2D eigenvalue weighted by molar-refractivity contribution is 7.17. The second-order valence-corrected chi connectivity index (χ2v) is 10.1. The van der Waals surface area contributed by atoms with Gasteiger partial charge in [-0.2, -0.15) is 0 Å². The smallest absolute Gasteiger partial charge is 0.263 e. The van der Waals surface area contributed by atoms with Crippen LogP contribution < -0.4 is 25.6 Å². The van der Waals surface area contributed by atoms with Crippen molar-refractivity contribution in [1.29, 1.82) is 0 Å². The predicted octanol–water partition coefficient (Wildman–Crippen LogP) is 3.21. The first-order valence-corrected chi connectivity index (χ1v) is 11.6. The molecule has 0 unspecified atom stereocenters. The number of aryl methyl sites for hydroxylation is 1. The number of aromatic nitrogens is 1. The highest BCUT2D eigenvalue weighted by Crippen LogP contribution is 2.43. The minimum absolute atomic E-state index is 0.0174. The van der Waals surface area contributed by atoms with E-state index in [4.69, 9.17) is 9.72 Å². The van der Waals surface area contributed by atoms with E-state index in [0.717, 1.165) is 71.7 Å². The molecular formula is C22H29N5O2S. The molecule has 0 aliphatic carbocycles. The van der Waals surface area contributed by atoms with Crippen molar-refractivity contribution in [3.63, 3.8) is 0 Å². The molecule has 0 saturated carbocycles. The third-order valence-corrected chi connectivity index (χ3v) is 7.17. The lowest BCUT2D eigenvalue weighted by Gasteiger charge is -2.31. The Balaban J connectivity index is 1.45. The lowest BCUT2D eigenvalue weighted by molar-refractivity contribution is 0.0901. The summed E-state index contributed by atoms with van der Waals surface area (Å²) < 4.78 is 6.02. The molecule has 1 aromatic heterocycles. The van der Waals surface area contributed by atoms with Crippen LogP contribution in [-0.4, -0.2) is 48.7 Å². The third-order valence-electron chi connectivity index (χ3n) is 6.05. The van der Waals surface area contributed by atoms with Crippen LogP contribution in [0.15, 0.2) is 12.1 Å². The molecule has 3 aliphatic heterocycles. The molecule has 3 aliphatic rings. The van der Waals surface area contributed by atoms with Gasteiger partial charge < -0.3 is 25.6 Å². The summed E-state index contributed by atoms with van der Waals surface area (Å²) in [7, 11) is 0. The number of fused-ring (bicyclic) bond motifs is 2. The Kier molecular flexibility index (Phi) is 4.86. The minimum atomic E-state index is -0.260. The summed E-state index contributed by atoms with van der Waals surface area (Å²) in [5.74, 6) is 0.859. The van der Waals surface area contributed by atoms with Crippen molar-refractivity contribution in [2.75, 3.05) is 36.5 Å². The van der Waals surface area contributed by atoms with E-state index >= 15 is 0 Å². The number of piperidine rings is 1. The molecule has 0 bridgehead atoms. The molecule has 4 heterocycles. The molecule has 2 aromatic rings. The van der Waals surface area contributed by atoms with Gasteiger partial charge in [-0.3, -0.25) is 4.79 Å². The summed E-state index contributed by atoms with van der Waals surface area (Å²) in [4.78, 5) is 20.3. The minimum Gasteiger partial charge on any atom is -0.489 e. The molecule has 5 rings (SSSR count). The highest BCUT2D eigenvalue weighted by Gasteiger charge is 2.35. The zero-order chi connectivity index (χ0) is 20.9. The number of ether oxygens (including phenoxy) is 1. The van der Waals surface area contributed by atoms with Crippen LogP contribution in [0.4, 0.5) is 16.5 Å². The fourth-order valence-corrected chi connectivity index (χ4v) is 5.50. The van der Waals surface area contributed by atoms with Crippen LogP contribution in [0.2, 0.25) is 0 Å². The van der Waals surface area contributed by atoms with Gasteiger partial charge >= 0.3 is 0 Å². The van der Waals surface area contributed by atoms with Gasteiger partial charge in [-0.15, -0.1) is 0 Å². The SMILES string of the molecule is Cc1cc2c(cc1NC1CCNCC1)OCCN2c1nc2c(s1)C(=O)NC(C)(C)C2. The van der Waals surface area contributed by atoms with Crippen LogP contribution in [-0.2, 0) is 6.42 Å². The van der Waals surface area contributed by atoms with Gasteiger partial charge in [-0.05, 0) is 58.3 Å². The van der Waals surface area contributed by atoms with Crippen LogP contribution >= 0.6 is 11.3 Å². The summed E-state index contributed by atoms with van der Waals surface area (Å²) in [6.45, 7) is 9.67. The van der Waals surface area contributed by atoms with Crippen LogP contribution in [0, 0.1) is 6.92 Å². The van der Waals surface area contributed by atoms with Crippen molar-refractivity contribution >= 4 is 33.8 Å². The van der Waals surface area contributed by atoms with Crippen molar-refractivity contribution < 1.29 is 9.53 Å². The Bertz CT molecular complexity index is 980. The van der Waals surface area contributed by atoms with E-state index in [0.29, 0.717) is 12.6 Å². The van der Waals surface area contributed by atoms with Crippen LogP contribution in [0.25, 0.3) is 0 Å². The average Bonchev–Trinajstić information content (AvgIpc) is 3.12. The van der Waals surface area contributed by atoms with Gasteiger partial charge in [0.05, 0.1) is 17.9 Å². The Labute approximate surface area is 181 Å². The first-order valence-electron chi connectivity index (χ1n) is 10.7. The molecule has 1 saturated heterocycles. The van der Waals surface area contributed by atoms with Crippen molar-refractivity contribution in [2.24, 2.45) is 0 Å². The topological polar surface area (TPSA) is 78.5 Å². The van der Waals surface area contributed by atoms with E-state index in [1.807, 2.05) is 13.8 Å². The number of nitrogens with one attached hydrogen (secondary N) is 3. The molecule has 160 valence electrons. The fraction of sp³-hybridized carbons (Fsp3) is 0.545. The summed E-state index contributed by atoms with van der Waals surface area (Å²) in [5, 5.41) is 11.1. The van der Waals surface area contributed by atoms with Crippen molar-refractivity contribution in [3.8, 4) is 5.75 Å². The van der Waals surface area contributed by atoms with Crippen LogP contribution in [0.5, 0.6) is 5.75 Å². The Morgan fingerprint density at radius 1 is 1.30 bits per heavy atom. The van der Waals surface area contributed by atoms with Gasteiger partial charge in [0.2, 0.25) is 0 Å². The number of rotatable bonds is 3. The number of anilines is 3. The van der Waals surface area contributed by atoms with Gasteiger partial charge in [-0.1, -0.05) is 11.3 Å². The number of hydrogen-bond acceptors (Lipinski definition) is 7. The summed E-state index contributed by atoms with van der Waals surface area (Å²) in [6, 6.07) is 4.81. The molecule has 7 nitrogen and oxygen atoms in total. The molecule has 0 spiro atoms. The number of nitrogens with zero attached hydrogens (tertiary/aromatic N) is 2. The average molecular weight is 428 g/mol. The Hall–Kier alpha value is -2.32. The predicted molar refractivity (Wildman–Crippen MR) is 121 cm³/mol. The zero-order valence-corrected chi connectivity index (χ0v) is 18.6. The van der Waals surface area contributed by atoms with Gasteiger partial charge in [0.1, 0.15) is 17.2 Å². The summed E-state index contributed by atoms with van der Waals surface area (Å²) >= 11 is 1.48. The molecule has 1 amide bonds. The van der Waals surface area contributed by atoms with E-state index in [-0.39, 0.29) is 11.4 Å². The maximum atomic E-state index is 12.5. The number of hydrogen-bond donors (Lipinski definition) is 3. The maximum Gasteiger partial charge on any atom is 0.263 e. The van der Waals surface area contributed by atoms with Gasteiger partial charge in [0.15, 0.2) is 5.13 Å². The van der Waals surface area contributed by atoms with Crippen LogP contribution in [0.3, 0.4) is 0 Å². The normalized spacial score (nSPS) is 20.8. The molecule has 8 heteroatoms. The summed E-state index contributed by atoms with van der Waals surface area (Å²) in [6.07, 6.45) is 3.01. The van der Waals surface area contributed by atoms with Crippen molar-refractivity contribution in [1.82, 2.24) is 15.6 Å². The molecule has 1 aromatic carbocycles. The van der Waals surface area contributed by atoms with E-state index in [1.54, 1.807) is 0 Å². The molecule has 0 radical (unpaired) electrons. The maximum absolute atomic E-state index is 12.5. The first kappa shape index (κ1) is 19.6. The molecular weight excluding hydrogens is 398 g/mol. The van der Waals surface area contributed by atoms with Gasteiger partial charge in [0, 0.05) is 29.8 Å². The molecule has 3 N–H and O–H groups in total. The summed E-state index contributed by atoms with van der Waals surface area (Å²) in [5.41, 5.74) is 4.01. The second kappa shape index (κ2) is 7.42.